The third-order valence-electron chi connectivity index (χ3n) is 5.69. The number of hydrogen-bond donors (Lipinski definition) is 1. The summed E-state index contributed by atoms with van der Waals surface area (Å²) in [5.74, 6) is 0.0978. The molecule has 0 bridgehead atoms. The molecule has 3 heterocycles. The predicted octanol–water partition coefficient (Wildman–Crippen LogP) is 1.50. The number of carbonyl (C=O) groups excluding carboxylic acids is 1. The van der Waals surface area contributed by atoms with Gasteiger partial charge in [-0.2, -0.15) is 4.31 Å². The van der Waals surface area contributed by atoms with Gasteiger partial charge in [-0.25, -0.2) is 8.42 Å². The Balaban J connectivity index is 1.52. The number of amides is 1. The number of sulfonamides is 1. The number of carbonyl (C=O) groups is 1. The lowest BCUT2D eigenvalue weighted by Crippen LogP contribution is -2.40. The van der Waals surface area contributed by atoms with Gasteiger partial charge in [-0.05, 0) is 35.9 Å². The van der Waals surface area contributed by atoms with E-state index in [4.69, 9.17) is 9.47 Å². The van der Waals surface area contributed by atoms with E-state index in [1.807, 2.05) is 0 Å². The first kappa shape index (κ1) is 17.3. The van der Waals surface area contributed by atoms with E-state index in [0.29, 0.717) is 17.2 Å². The average Bonchev–Trinajstić information content (AvgIpc) is 3.33. The van der Waals surface area contributed by atoms with E-state index in [0.717, 1.165) is 5.56 Å². The summed E-state index contributed by atoms with van der Waals surface area (Å²) in [5, 5.41) is 9.89. The molecule has 1 fully saturated rings. The Kier molecular flexibility index (Phi) is 3.62. The largest absolute Gasteiger partial charge is 0.508 e. The molecular formula is C19H18N2O6S. The summed E-state index contributed by atoms with van der Waals surface area (Å²) in [6, 6.07) is 9.34. The Bertz CT molecular complexity index is 1100. The van der Waals surface area contributed by atoms with Gasteiger partial charge in [0.25, 0.3) is 0 Å². The highest BCUT2D eigenvalue weighted by Crippen LogP contribution is 2.46. The highest BCUT2D eigenvalue weighted by Gasteiger charge is 2.48. The van der Waals surface area contributed by atoms with Gasteiger partial charge in [0.15, 0.2) is 11.5 Å². The molecule has 8 nitrogen and oxygen atoms in total. The van der Waals surface area contributed by atoms with E-state index < -0.39 is 15.9 Å². The molecule has 0 unspecified atom stereocenters. The molecule has 3 aliphatic rings. The van der Waals surface area contributed by atoms with Crippen molar-refractivity contribution in [1.29, 1.82) is 0 Å². The number of benzene rings is 2. The third-order valence-corrected chi connectivity index (χ3v) is 7.52. The molecule has 0 spiro atoms. The summed E-state index contributed by atoms with van der Waals surface area (Å²) in [7, 11) is -2.14. The highest BCUT2D eigenvalue weighted by atomic mass is 32.2. The SMILES string of the molecule is CN1C(=O)[C@@H]2CN(S(=O)(=O)c3ccc4c(c3)OCO4)C[C@@H]2c2cc(O)ccc21. The number of rotatable bonds is 2. The van der Waals surface area contributed by atoms with Crippen molar-refractivity contribution in [3.05, 3.63) is 42.0 Å². The van der Waals surface area contributed by atoms with Crippen LogP contribution in [-0.2, 0) is 14.8 Å². The molecule has 1 amide bonds. The van der Waals surface area contributed by atoms with Crippen molar-refractivity contribution in [3.8, 4) is 17.2 Å². The zero-order valence-electron chi connectivity index (χ0n) is 15.0. The predicted molar refractivity (Wildman–Crippen MR) is 99.1 cm³/mol. The average molecular weight is 402 g/mol. The smallest absolute Gasteiger partial charge is 0.243 e. The second-order valence-electron chi connectivity index (χ2n) is 7.19. The van der Waals surface area contributed by atoms with Crippen molar-refractivity contribution in [2.75, 3.05) is 31.8 Å². The van der Waals surface area contributed by atoms with Crippen LogP contribution in [0.25, 0.3) is 0 Å². The van der Waals surface area contributed by atoms with E-state index in [-0.39, 0.29) is 42.4 Å². The van der Waals surface area contributed by atoms with Crippen LogP contribution in [0.15, 0.2) is 41.3 Å². The number of ether oxygens (including phenoxy) is 2. The molecule has 1 N–H and O–H groups in total. The van der Waals surface area contributed by atoms with Crippen LogP contribution in [0, 0.1) is 5.92 Å². The van der Waals surface area contributed by atoms with Crippen LogP contribution >= 0.6 is 0 Å². The van der Waals surface area contributed by atoms with Gasteiger partial charge in [0, 0.05) is 37.8 Å². The number of aromatic hydroxyl groups is 1. The van der Waals surface area contributed by atoms with E-state index in [1.54, 1.807) is 25.2 Å². The molecule has 146 valence electrons. The molecule has 0 aliphatic carbocycles. The van der Waals surface area contributed by atoms with Gasteiger partial charge < -0.3 is 19.5 Å². The van der Waals surface area contributed by atoms with Crippen LogP contribution in [0.4, 0.5) is 5.69 Å². The Hall–Kier alpha value is -2.78. The number of fused-ring (bicyclic) bond motifs is 4. The molecule has 1 saturated heterocycles. The maximum atomic E-state index is 13.2. The fraction of sp³-hybridized carbons (Fsp3) is 0.316. The van der Waals surface area contributed by atoms with Gasteiger partial charge in [-0.1, -0.05) is 0 Å². The topological polar surface area (TPSA) is 96.4 Å². The minimum Gasteiger partial charge on any atom is -0.508 e. The van der Waals surface area contributed by atoms with E-state index in [2.05, 4.69) is 0 Å². The standard InChI is InChI=1S/C19H18N2O6S/c1-20-16-4-2-11(22)6-13(16)14-8-21(9-15(14)19(20)23)28(24,25)12-3-5-17-18(7-12)27-10-26-17/h2-7,14-15,22H,8-10H2,1H3/t14-,15-/m1/s1. The molecule has 2 atom stereocenters. The molecule has 5 rings (SSSR count). The van der Waals surface area contributed by atoms with Crippen molar-refractivity contribution >= 4 is 21.6 Å². The van der Waals surface area contributed by atoms with Gasteiger partial charge in [-0.15, -0.1) is 0 Å². The minimum atomic E-state index is -3.81. The number of phenols is 1. The van der Waals surface area contributed by atoms with Crippen LogP contribution in [0.5, 0.6) is 17.2 Å². The molecule has 0 saturated carbocycles. The van der Waals surface area contributed by atoms with Gasteiger partial charge in [0.05, 0.1) is 10.8 Å². The van der Waals surface area contributed by atoms with Gasteiger partial charge >= 0.3 is 0 Å². The first-order chi connectivity index (χ1) is 13.4. The normalized spacial score (nSPS) is 23.6. The van der Waals surface area contributed by atoms with Crippen molar-refractivity contribution < 1.29 is 27.8 Å². The number of phenolic OH excluding ortho intramolecular Hbond substituents is 1. The van der Waals surface area contributed by atoms with Crippen LogP contribution in [0.3, 0.4) is 0 Å². The number of nitrogens with zero attached hydrogens (tertiary/aromatic N) is 2. The maximum absolute atomic E-state index is 13.2. The minimum absolute atomic E-state index is 0.0633. The summed E-state index contributed by atoms with van der Waals surface area (Å²) in [5.41, 5.74) is 1.49. The van der Waals surface area contributed by atoms with E-state index in [1.165, 1.54) is 27.4 Å². The van der Waals surface area contributed by atoms with Gasteiger partial charge in [0.1, 0.15) is 5.75 Å². The molecule has 28 heavy (non-hydrogen) atoms. The second-order valence-corrected chi connectivity index (χ2v) is 9.13. The van der Waals surface area contributed by atoms with Crippen LogP contribution < -0.4 is 14.4 Å². The van der Waals surface area contributed by atoms with E-state index >= 15 is 0 Å². The van der Waals surface area contributed by atoms with Crippen LogP contribution in [-0.4, -0.2) is 50.7 Å². The number of anilines is 1. The highest BCUT2D eigenvalue weighted by molar-refractivity contribution is 7.89. The molecular weight excluding hydrogens is 384 g/mol. The molecule has 3 aliphatic heterocycles. The Morgan fingerprint density at radius 1 is 1.04 bits per heavy atom. The van der Waals surface area contributed by atoms with Crippen LogP contribution in [0.1, 0.15) is 11.5 Å². The Morgan fingerprint density at radius 3 is 2.61 bits per heavy atom. The fourth-order valence-corrected chi connectivity index (χ4v) is 5.74. The van der Waals surface area contributed by atoms with Crippen molar-refractivity contribution in [3.63, 3.8) is 0 Å². The van der Waals surface area contributed by atoms with Crippen molar-refractivity contribution in [2.24, 2.45) is 5.92 Å². The molecule has 0 aromatic heterocycles. The molecule has 0 radical (unpaired) electrons. The summed E-state index contributed by atoms with van der Waals surface area (Å²) in [6.07, 6.45) is 0. The first-order valence-electron chi connectivity index (χ1n) is 8.86. The quantitative estimate of drug-likeness (QED) is 0.818. The molecule has 2 aromatic carbocycles. The monoisotopic (exact) mass is 402 g/mol. The van der Waals surface area contributed by atoms with Crippen molar-refractivity contribution in [1.82, 2.24) is 4.31 Å². The zero-order valence-corrected chi connectivity index (χ0v) is 15.8. The number of hydrogen-bond acceptors (Lipinski definition) is 6. The first-order valence-corrected chi connectivity index (χ1v) is 10.3. The summed E-state index contributed by atoms with van der Waals surface area (Å²) >= 11 is 0. The third kappa shape index (κ3) is 2.39. The lowest BCUT2D eigenvalue weighted by Gasteiger charge is -2.33. The molecule has 2 aromatic rings. The lowest BCUT2D eigenvalue weighted by atomic mass is 9.83. The summed E-state index contributed by atoms with van der Waals surface area (Å²) in [6.45, 7) is 0.338. The fourth-order valence-electron chi connectivity index (χ4n) is 4.23. The Morgan fingerprint density at radius 2 is 1.79 bits per heavy atom. The van der Waals surface area contributed by atoms with Crippen molar-refractivity contribution in [2.45, 2.75) is 10.8 Å². The summed E-state index contributed by atoms with van der Waals surface area (Å²) < 4.78 is 38.3. The molecule has 9 heteroatoms. The Labute approximate surface area is 161 Å². The zero-order chi connectivity index (χ0) is 19.6. The van der Waals surface area contributed by atoms with Gasteiger partial charge in [0.2, 0.25) is 22.7 Å². The lowest BCUT2D eigenvalue weighted by molar-refractivity contribution is -0.122. The second kappa shape index (κ2) is 5.86. The van der Waals surface area contributed by atoms with Gasteiger partial charge in [-0.3, -0.25) is 4.79 Å². The van der Waals surface area contributed by atoms with E-state index in [9.17, 15) is 18.3 Å². The van der Waals surface area contributed by atoms with Crippen LogP contribution in [0.2, 0.25) is 0 Å². The maximum Gasteiger partial charge on any atom is 0.243 e. The summed E-state index contributed by atoms with van der Waals surface area (Å²) in [4.78, 5) is 14.5.